The van der Waals surface area contributed by atoms with Gasteiger partial charge in [-0.1, -0.05) is 24.8 Å². The highest BCUT2D eigenvalue weighted by atomic mass is 32.2. The number of methoxy groups -OCH3 is 1. The van der Waals surface area contributed by atoms with Crippen LogP contribution in [0.15, 0.2) is 48.1 Å². The quantitative estimate of drug-likeness (QED) is 0.198. The number of hydrogen-bond donors (Lipinski definition) is 1. The number of amides is 1. The topological polar surface area (TPSA) is 95.3 Å². The first-order chi connectivity index (χ1) is 17.5. The van der Waals surface area contributed by atoms with Crippen molar-refractivity contribution in [1.82, 2.24) is 14.8 Å². The van der Waals surface area contributed by atoms with Crippen molar-refractivity contribution in [3.8, 4) is 17.1 Å². The number of ether oxygens (including phenoxy) is 2. The Kier molecular flexibility index (Phi) is 8.82. The molecule has 10 heteroatoms. The maximum Gasteiger partial charge on any atom is 0.340 e. The van der Waals surface area contributed by atoms with Gasteiger partial charge in [-0.05, 0) is 62.4 Å². The van der Waals surface area contributed by atoms with Crippen molar-refractivity contribution in [2.75, 3.05) is 18.2 Å². The molecule has 1 amide bonds. The Balaban J connectivity index is 1.43. The molecule has 0 atom stereocenters. The first-order valence-electron chi connectivity index (χ1n) is 12.0. The smallest absolute Gasteiger partial charge is 0.340 e. The number of nitrogens with zero attached hydrogens (tertiary/aromatic N) is 3. The van der Waals surface area contributed by atoms with E-state index >= 15 is 0 Å². The number of hydrogen-bond acceptors (Lipinski definition) is 8. The summed E-state index contributed by atoms with van der Waals surface area (Å²) in [5, 5.41) is 12.6. The van der Waals surface area contributed by atoms with Crippen molar-refractivity contribution in [2.24, 2.45) is 0 Å². The SMILES string of the molecule is C=CCn1c(SCC(=O)Nc2sc(CC)cc2C(=O)OC)nnc1-c1ccc(OC2CCCC2)cc1. The molecule has 0 saturated heterocycles. The molecule has 2 aromatic heterocycles. The molecule has 0 radical (unpaired) electrons. The van der Waals surface area contributed by atoms with Crippen LogP contribution in [0.3, 0.4) is 0 Å². The van der Waals surface area contributed by atoms with Crippen molar-refractivity contribution in [3.05, 3.63) is 53.4 Å². The fourth-order valence-corrected chi connectivity index (χ4v) is 5.80. The Morgan fingerprint density at radius 3 is 2.67 bits per heavy atom. The highest BCUT2D eigenvalue weighted by Gasteiger charge is 2.20. The summed E-state index contributed by atoms with van der Waals surface area (Å²) in [6, 6.07) is 9.64. The zero-order valence-electron chi connectivity index (χ0n) is 20.5. The largest absolute Gasteiger partial charge is 0.490 e. The van der Waals surface area contributed by atoms with Gasteiger partial charge in [0.15, 0.2) is 11.0 Å². The Hall–Kier alpha value is -3.11. The van der Waals surface area contributed by atoms with Crippen LogP contribution in [0.25, 0.3) is 11.4 Å². The fourth-order valence-electron chi connectivity index (χ4n) is 4.05. The summed E-state index contributed by atoms with van der Waals surface area (Å²) >= 11 is 2.66. The van der Waals surface area contributed by atoms with Crippen LogP contribution in [0.4, 0.5) is 5.00 Å². The number of nitrogens with one attached hydrogen (secondary N) is 1. The van der Waals surface area contributed by atoms with E-state index in [2.05, 4.69) is 22.1 Å². The maximum atomic E-state index is 12.7. The van der Waals surface area contributed by atoms with Crippen LogP contribution in [-0.2, 0) is 22.5 Å². The maximum absolute atomic E-state index is 12.7. The molecule has 1 N–H and O–H groups in total. The molecule has 36 heavy (non-hydrogen) atoms. The summed E-state index contributed by atoms with van der Waals surface area (Å²) < 4.78 is 12.8. The number of thiophene rings is 1. The van der Waals surface area contributed by atoms with Gasteiger partial charge in [0.25, 0.3) is 0 Å². The number of anilines is 1. The monoisotopic (exact) mass is 526 g/mol. The Labute approximate surface area is 219 Å². The van der Waals surface area contributed by atoms with Gasteiger partial charge >= 0.3 is 5.97 Å². The third-order valence-corrected chi connectivity index (χ3v) is 8.03. The lowest BCUT2D eigenvalue weighted by Gasteiger charge is -2.13. The van der Waals surface area contributed by atoms with E-state index in [1.54, 1.807) is 12.1 Å². The van der Waals surface area contributed by atoms with Crippen LogP contribution in [0.1, 0.15) is 47.8 Å². The molecule has 1 saturated carbocycles. The summed E-state index contributed by atoms with van der Waals surface area (Å²) in [6.07, 6.45) is 7.52. The number of esters is 1. The van der Waals surface area contributed by atoms with Crippen molar-refractivity contribution >= 4 is 40.0 Å². The molecule has 0 unspecified atom stereocenters. The lowest BCUT2D eigenvalue weighted by Crippen LogP contribution is -2.16. The lowest BCUT2D eigenvalue weighted by molar-refractivity contribution is -0.113. The molecular weight excluding hydrogens is 496 g/mol. The lowest BCUT2D eigenvalue weighted by atomic mass is 10.2. The summed E-state index contributed by atoms with van der Waals surface area (Å²) in [7, 11) is 1.33. The number of carbonyl (C=O) groups excluding carboxylic acids is 2. The van der Waals surface area contributed by atoms with Crippen LogP contribution >= 0.6 is 23.1 Å². The molecule has 190 valence electrons. The number of carbonyl (C=O) groups is 2. The normalized spacial score (nSPS) is 13.5. The molecule has 1 aliphatic carbocycles. The third-order valence-electron chi connectivity index (χ3n) is 5.87. The Bertz CT molecular complexity index is 1210. The fraction of sp³-hybridized carbons (Fsp3) is 0.385. The highest BCUT2D eigenvalue weighted by Crippen LogP contribution is 2.31. The number of aromatic nitrogens is 3. The second-order valence-electron chi connectivity index (χ2n) is 8.39. The van der Waals surface area contributed by atoms with Crippen LogP contribution in [0.5, 0.6) is 5.75 Å². The average Bonchev–Trinajstić information content (AvgIpc) is 3.64. The van der Waals surface area contributed by atoms with Gasteiger partial charge in [0, 0.05) is 17.0 Å². The van der Waals surface area contributed by atoms with E-state index in [0.717, 1.165) is 35.5 Å². The molecule has 0 bridgehead atoms. The van der Waals surface area contributed by atoms with Crippen molar-refractivity contribution in [3.63, 3.8) is 0 Å². The molecule has 3 aromatic rings. The number of allylic oxidation sites excluding steroid dienone is 1. The molecule has 1 aliphatic rings. The molecule has 4 rings (SSSR count). The van der Waals surface area contributed by atoms with Gasteiger partial charge in [-0.3, -0.25) is 9.36 Å². The number of rotatable bonds is 11. The van der Waals surface area contributed by atoms with Crippen LogP contribution in [0, 0.1) is 0 Å². The van der Waals surface area contributed by atoms with E-state index in [9.17, 15) is 9.59 Å². The van der Waals surface area contributed by atoms with Gasteiger partial charge < -0.3 is 14.8 Å². The Morgan fingerprint density at radius 1 is 1.25 bits per heavy atom. The summed E-state index contributed by atoms with van der Waals surface area (Å²) in [5.74, 6) is 0.965. The van der Waals surface area contributed by atoms with Gasteiger partial charge in [-0.15, -0.1) is 28.1 Å². The van der Waals surface area contributed by atoms with E-state index in [1.165, 1.54) is 43.1 Å². The van der Waals surface area contributed by atoms with Crippen molar-refractivity contribution in [2.45, 2.75) is 56.8 Å². The molecular formula is C26H30N4O4S2. The molecule has 1 aromatic carbocycles. The van der Waals surface area contributed by atoms with E-state index in [4.69, 9.17) is 9.47 Å². The van der Waals surface area contributed by atoms with E-state index < -0.39 is 5.97 Å². The minimum atomic E-state index is -0.469. The van der Waals surface area contributed by atoms with Crippen molar-refractivity contribution in [1.29, 1.82) is 0 Å². The summed E-state index contributed by atoms with van der Waals surface area (Å²) in [5.41, 5.74) is 1.28. The van der Waals surface area contributed by atoms with E-state index in [-0.39, 0.29) is 11.7 Å². The minimum absolute atomic E-state index is 0.114. The second kappa shape index (κ2) is 12.2. The average molecular weight is 527 g/mol. The first kappa shape index (κ1) is 26.0. The number of thioether (sulfide) groups is 1. The zero-order chi connectivity index (χ0) is 25.5. The standard InChI is InChI=1S/C26H30N4O4S2/c1-4-14-30-23(17-10-12-19(13-11-17)34-18-8-6-7-9-18)28-29-26(30)35-16-22(31)27-24-21(25(32)33-3)15-20(5-2)36-24/h4,10-13,15,18H,1,5-9,14,16H2,2-3H3,(H,27,31). The van der Waals surface area contributed by atoms with Gasteiger partial charge in [0.1, 0.15) is 10.8 Å². The molecule has 0 spiro atoms. The number of benzene rings is 1. The van der Waals surface area contributed by atoms with E-state index in [0.29, 0.717) is 34.2 Å². The highest BCUT2D eigenvalue weighted by molar-refractivity contribution is 7.99. The van der Waals surface area contributed by atoms with Gasteiger partial charge in [-0.2, -0.15) is 0 Å². The Morgan fingerprint density at radius 2 is 2.00 bits per heavy atom. The van der Waals surface area contributed by atoms with E-state index in [1.807, 2.05) is 35.8 Å². The molecule has 2 heterocycles. The zero-order valence-corrected chi connectivity index (χ0v) is 22.1. The predicted molar refractivity (Wildman–Crippen MR) is 143 cm³/mol. The second-order valence-corrected chi connectivity index (χ2v) is 10.5. The summed E-state index contributed by atoms with van der Waals surface area (Å²) in [4.78, 5) is 25.8. The van der Waals surface area contributed by atoms with Gasteiger partial charge in [0.05, 0.1) is 24.5 Å². The molecule has 0 aliphatic heterocycles. The molecule has 8 nitrogen and oxygen atoms in total. The molecule has 1 fully saturated rings. The van der Waals surface area contributed by atoms with Gasteiger partial charge in [-0.25, -0.2) is 4.79 Å². The number of aryl methyl sites for hydroxylation is 1. The summed E-state index contributed by atoms with van der Waals surface area (Å²) in [6.45, 7) is 6.35. The van der Waals surface area contributed by atoms with Gasteiger partial charge in [0.2, 0.25) is 5.91 Å². The predicted octanol–water partition coefficient (Wildman–Crippen LogP) is 5.59. The van der Waals surface area contributed by atoms with Crippen LogP contribution in [0.2, 0.25) is 0 Å². The van der Waals surface area contributed by atoms with Crippen LogP contribution < -0.4 is 10.1 Å². The van der Waals surface area contributed by atoms with Crippen molar-refractivity contribution < 1.29 is 19.1 Å². The third kappa shape index (κ3) is 6.17. The minimum Gasteiger partial charge on any atom is -0.490 e. The van der Waals surface area contributed by atoms with Crippen LogP contribution in [-0.4, -0.2) is 45.6 Å². The first-order valence-corrected chi connectivity index (χ1v) is 13.8.